The highest BCUT2D eigenvalue weighted by atomic mass is 32.1. The molecule has 2 heterocycles. The van der Waals surface area contributed by atoms with Crippen molar-refractivity contribution in [3.63, 3.8) is 0 Å². The Morgan fingerprint density at radius 2 is 2.06 bits per heavy atom. The highest BCUT2D eigenvalue weighted by molar-refractivity contribution is 7.19. The number of nitrogens with zero attached hydrogens (tertiary/aromatic N) is 4. The van der Waals surface area contributed by atoms with Gasteiger partial charge in [0.2, 0.25) is 0 Å². The lowest BCUT2D eigenvalue weighted by atomic mass is 10.2. The minimum absolute atomic E-state index is 0.303. The molecule has 0 saturated heterocycles. The quantitative estimate of drug-likeness (QED) is 0.883. The molecule has 0 aromatic carbocycles. The topological polar surface area (TPSA) is 63.6 Å². The van der Waals surface area contributed by atoms with Crippen LogP contribution in [0.15, 0.2) is 0 Å². The fourth-order valence-corrected chi connectivity index (χ4v) is 3.39. The largest absolute Gasteiger partial charge is 0.308 e. The molecular formula is C11H17N5S2. The van der Waals surface area contributed by atoms with Crippen molar-refractivity contribution in [3.05, 3.63) is 10.7 Å². The second-order valence-corrected chi connectivity index (χ2v) is 5.81. The number of aromatic nitrogens is 4. The molecule has 1 unspecified atom stereocenters. The smallest absolute Gasteiger partial charge is 0.161 e. The van der Waals surface area contributed by atoms with Gasteiger partial charge in [0.05, 0.1) is 11.7 Å². The first-order valence-corrected chi connectivity index (χ1v) is 7.71. The van der Waals surface area contributed by atoms with Crippen LogP contribution < -0.4 is 5.32 Å². The third-order valence-corrected chi connectivity index (χ3v) is 4.65. The van der Waals surface area contributed by atoms with Crippen LogP contribution in [0.3, 0.4) is 0 Å². The molecule has 0 amide bonds. The summed E-state index contributed by atoms with van der Waals surface area (Å²) < 4.78 is 3.94. The van der Waals surface area contributed by atoms with E-state index in [1.54, 1.807) is 11.3 Å². The SMILES string of the molecule is CCCNC(CC)c1nnc(-c2snnc2C)s1. The van der Waals surface area contributed by atoms with Crippen LogP contribution in [0.4, 0.5) is 0 Å². The van der Waals surface area contributed by atoms with Crippen LogP contribution in [0.5, 0.6) is 0 Å². The Morgan fingerprint density at radius 3 is 2.67 bits per heavy atom. The molecule has 2 aromatic rings. The van der Waals surface area contributed by atoms with Crippen molar-refractivity contribution in [2.24, 2.45) is 0 Å². The van der Waals surface area contributed by atoms with Gasteiger partial charge >= 0.3 is 0 Å². The maximum atomic E-state index is 4.29. The molecule has 2 rings (SSSR count). The molecule has 7 heteroatoms. The maximum Gasteiger partial charge on any atom is 0.161 e. The van der Waals surface area contributed by atoms with E-state index in [1.165, 1.54) is 11.5 Å². The van der Waals surface area contributed by atoms with Crippen LogP contribution in [0.25, 0.3) is 9.88 Å². The Morgan fingerprint density at radius 1 is 1.22 bits per heavy atom. The average Bonchev–Trinajstić information content (AvgIpc) is 2.99. The minimum atomic E-state index is 0.303. The third kappa shape index (κ3) is 2.90. The highest BCUT2D eigenvalue weighted by Gasteiger charge is 2.17. The molecule has 18 heavy (non-hydrogen) atoms. The lowest BCUT2D eigenvalue weighted by Crippen LogP contribution is -2.21. The molecular weight excluding hydrogens is 266 g/mol. The molecule has 1 atom stereocenters. The zero-order chi connectivity index (χ0) is 13.0. The highest BCUT2D eigenvalue weighted by Crippen LogP contribution is 2.31. The van der Waals surface area contributed by atoms with E-state index in [0.717, 1.165) is 40.0 Å². The summed E-state index contributed by atoms with van der Waals surface area (Å²) in [6.07, 6.45) is 2.15. The van der Waals surface area contributed by atoms with Gasteiger partial charge in [0.15, 0.2) is 5.01 Å². The second-order valence-electron chi connectivity index (χ2n) is 4.05. The average molecular weight is 283 g/mol. The molecule has 2 aromatic heterocycles. The summed E-state index contributed by atoms with van der Waals surface area (Å²) >= 11 is 3.01. The monoisotopic (exact) mass is 283 g/mol. The number of aryl methyl sites for hydroxylation is 1. The van der Waals surface area contributed by atoms with E-state index in [-0.39, 0.29) is 0 Å². The van der Waals surface area contributed by atoms with Crippen molar-refractivity contribution in [2.75, 3.05) is 6.54 Å². The van der Waals surface area contributed by atoms with E-state index in [4.69, 9.17) is 0 Å². The zero-order valence-electron chi connectivity index (χ0n) is 10.8. The standard InChI is InChI=1S/C11H17N5S2/c1-4-6-12-8(5-2)10-14-15-11(17-10)9-7(3)13-16-18-9/h8,12H,4-6H2,1-3H3. The maximum absolute atomic E-state index is 4.29. The fraction of sp³-hybridized carbons (Fsp3) is 0.636. The van der Waals surface area contributed by atoms with Crippen LogP contribution in [0, 0.1) is 6.92 Å². The molecule has 0 aliphatic carbocycles. The minimum Gasteiger partial charge on any atom is -0.308 e. The van der Waals surface area contributed by atoms with Gasteiger partial charge in [0.25, 0.3) is 0 Å². The summed E-state index contributed by atoms with van der Waals surface area (Å²) in [4.78, 5) is 1.03. The zero-order valence-corrected chi connectivity index (χ0v) is 12.4. The summed E-state index contributed by atoms with van der Waals surface area (Å²) in [7, 11) is 0. The molecule has 0 bridgehead atoms. The van der Waals surface area contributed by atoms with Crippen LogP contribution in [-0.2, 0) is 0 Å². The van der Waals surface area contributed by atoms with Gasteiger partial charge in [0, 0.05) is 0 Å². The Labute approximate surface area is 115 Å². The Bertz CT molecular complexity index is 493. The van der Waals surface area contributed by atoms with Crippen LogP contribution in [-0.4, -0.2) is 26.3 Å². The van der Waals surface area contributed by atoms with Crippen molar-refractivity contribution in [1.29, 1.82) is 0 Å². The van der Waals surface area contributed by atoms with Gasteiger partial charge in [-0.25, -0.2) is 0 Å². The van der Waals surface area contributed by atoms with E-state index >= 15 is 0 Å². The lowest BCUT2D eigenvalue weighted by molar-refractivity contribution is 0.513. The van der Waals surface area contributed by atoms with Crippen molar-refractivity contribution in [2.45, 2.75) is 39.7 Å². The van der Waals surface area contributed by atoms with Gasteiger partial charge in [-0.05, 0) is 37.8 Å². The fourth-order valence-electron chi connectivity index (χ4n) is 1.62. The van der Waals surface area contributed by atoms with E-state index in [2.05, 4.69) is 38.9 Å². The summed E-state index contributed by atoms with van der Waals surface area (Å²) in [6.45, 7) is 7.28. The summed E-state index contributed by atoms with van der Waals surface area (Å²) in [6, 6.07) is 0.303. The first-order valence-electron chi connectivity index (χ1n) is 6.12. The van der Waals surface area contributed by atoms with E-state index < -0.39 is 0 Å². The molecule has 98 valence electrons. The van der Waals surface area contributed by atoms with Gasteiger partial charge in [-0.3, -0.25) is 0 Å². The van der Waals surface area contributed by atoms with Crippen molar-refractivity contribution in [3.8, 4) is 9.88 Å². The van der Waals surface area contributed by atoms with Gasteiger partial charge in [-0.15, -0.1) is 15.3 Å². The molecule has 0 aliphatic heterocycles. The number of nitrogens with one attached hydrogen (secondary N) is 1. The Hall–Kier alpha value is -0.920. The summed E-state index contributed by atoms with van der Waals surface area (Å²) in [5.41, 5.74) is 0.928. The first-order chi connectivity index (χ1) is 8.76. The van der Waals surface area contributed by atoms with Crippen molar-refractivity contribution in [1.82, 2.24) is 25.1 Å². The van der Waals surface area contributed by atoms with Gasteiger partial charge in [0.1, 0.15) is 9.88 Å². The summed E-state index contributed by atoms with van der Waals surface area (Å²) in [5, 5.41) is 18.0. The second kappa shape index (κ2) is 6.31. The normalized spacial score (nSPS) is 12.8. The first kappa shape index (κ1) is 13.5. The molecule has 5 nitrogen and oxygen atoms in total. The van der Waals surface area contributed by atoms with Crippen LogP contribution in [0.2, 0.25) is 0 Å². The third-order valence-electron chi connectivity index (χ3n) is 2.63. The molecule has 0 saturated carbocycles. The molecule has 1 N–H and O–H groups in total. The predicted molar refractivity (Wildman–Crippen MR) is 74.9 cm³/mol. The predicted octanol–water partition coefficient (Wildman–Crippen LogP) is 2.82. The van der Waals surface area contributed by atoms with E-state index in [9.17, 15) is 0 Å². The van der Waals surface area contributed by atoms with E-state index in [1.807, 2.05) is 6.92 Å². The Balaban J connectivity index is 2.16. The van der Waals surface area contributed by atoms with Gasteiger partial charge < -0.3 is 5.32 Å². The molecule has 0 aliphatic rings. The van der Waals surface area contributed by atoms with Gasteiger partial charge in [-0.1, -0.05) is 29.7 Å². The summed E-state index contributed by atoms with van der Waals surface area (Å²) in [5.74, 6) is 0. The lowest BCUT2D eigenvalue weighted by Gasteiger charge is -2.12. The van der Waals surface area contributed by atoms with Crippen LogP contribution >= 0.6 is 22.9 Å². The Kier molecular flexibility index (Phi) is 4.73. The van der Waals surface area contributed by atoms with E-state index in [0.29, 0.717) is 6.04 Å². The van der Waals surface area contributed by atoms with Crippen LogP contribution in [0.1, 0.15) is 43.4 Å². The van der Waals surface area contributed by atoms with Crippen molar-refractivity contribution >= 4 is 22.9 Å². The molecule has 0 radical (unpaired) electrons. The molecule has 0 spiro atoms. The number of hydrogen-bond acceptors (Lipinski definition) is 7. The van der Waals surface area contributed by atoms with Crippen molar-refractivity contribution < 1.29 is 0 Å². The number of hydrogen-bond donors (Lipinski definition) is 1. The number of rotatable bonds is 6. The van der Waals surface area contributed by atoms with Gasteiger partial charge in [-0.2, -0.15) is 0 Å². The molecule has 0 fully saturated rings.